The molecular weight excluding hydrogens is 269 g/mol. The number of rotatable bonds is 1. The van der Waals surface area contributed by atoms with Gasteiger partial charge in [0.2, 0.25) is 0 Å². The number of pyridine rings is 1. The lowest BCUT2D eigenvalue weighted by atomic mass is 9.96. The van der Waals surface area contributed by atoms with Gasteiger partial charge in [0.05, 0.1) is 5.56 Å². The monoisotopic (exact) mass is 285 g/mol. The van der Waals surface area contributed by atoms with Crippen molar-refractivity contribution in [2.45, 2.75) is 25.8 Å². The molecule has 0 saturated carbocycles. The predicted molar refractivity (Wildman–Crippen MR) is 79.6 cm³/mol. The predicted octanol–water partition coefficient (Wildman–Crippen LogP) is 2.78. The largest absolute Gasteiger partial charge is 0.381 e. The SMILES string of the molecule is CC1CCc2ccccc2N1C(=O)c1ccnc(N)c1F. The number of halogens is 1. The molecule has 1 aliphatic heterocycles. The molecule has 0 radical (unpaired) electrons. The number of para-hydroxylation sites is 1. The first-order valence-electron chi connectivity index (χ1n) is 6.91. The Hall–Kier alpha value is -2.43. The number of aromatic nitrogens is 1. The lowest BCUT2D eigenvalue weighted by molar-refractivity contribution is 0.0971. The van der Waals surface area contributed by atoms with E-state index in [4.69, 9.17) is 5.73 Å². The van der Waals surface area contributed by atoms with E-state index < -0.39 is 5.82 Å². The quantitative estimate of drug-likeness (QED) is 0.876. The number of carbonyl (C=O) groups is 1. The third kappa shape index (κ3) is 2.24. The van der Waals surface area contributed by atoms with Gasteiger partial charge < -0.3 is 10.6 Å². The van der Waals surface area contributed by atoms with Gasteiger partial charge in [0.15, 0.2) is 11.6 Å². The summed E-state index contributed by atoms with van der Waals surface area (Å²) in [4.78, 5) is 18.1. The Labute approximate surface area is 122 Å². The van der Waals surface area contributed by atoms with Crippen molar-refractivity contribution < 1.29 is 9.18 Å². The molecule has 1 aromatic carbocycles. The van der Waals surface area contributed by atoms with E-state index in [1.807, 2.05) is 31.2 Å². The number of nitrogens with zero attached hydrogens (tertiary/aromatic N) is 2. The van der Waals surface area contributed by atoms with Gasteiger partial charge >= 0.3 is 0 Å². The number of benzene rings is 1. The minimum atomic E-state index is -0.752. The Morgan fingerprint density at radius 1 is 1.38 bits per heavy atom. The van der Waals surface area contributed by atoms with Crippen LogP contribution >= 0.6 is 0 Å². The molecule has 4 nitrogen and oxygen atoms in total. The maximum Gasteiger partial charge on any atom is 0.261 e. The number of nitrogens with two attached hydrogens (primary N) is 1. The zero-order valence-electron chi connectivity index (χ0n) is 11.7. The van der Waals surface area contributed by atoms with Crippen LogP contribution in [0.3, 0.4) is 0 Å². The minimum absolute atomic E-state index is 0.0150. The lowest BCUT2D eigenvalue weighted by Crippen LogP contribution is -2.42. The average molecular weight is 285 g/mol. The van der Waals surface area contributed by atoms with Crippen molar-refractivity contribution >= 4 is 17.4 Å². The molecule has 2 heterocycles. The van der Waals surface area contributed by atoms with Crippen LogP contribution in [0, 0.1) is 5.82 Å². The summed E-state index contributed by atoms with van der Waals surface area (Å²) in [6.07, 6.45) is 3.12. The molecule has 108 valence electrons. The molecule has 1 atom stereocenters. The average Bonchev–Trinajstić information content (AvgIpc) is 2.49. The molecule has 1 unspecified atom stereocenters. The maximum absolute atomic E-state index is 14.1. The molecule has 3 rings (SSSR count). The fourth-order valence-electron chi connectivity index (χ4n) is 2.75. The van der Waals surface area contributed by atoms with E-state index in [2.05, 4.69) is 4.98 Å². The fraction of sp³-hybridized carbons (Fsp3) is 0.250. The van der Waals surface area contributed by atoms with Crippen LogP contribution in [-0.2, 0) is 6.42 Å². The molecule has 5 heteroatoms. The second-order valence-electron chi connectivity index (χ2n) is 5.25. The van der Waals surface area contributed by atoms with E-state index in [1.165, 1.54) is 12.3 Å². The van der Waals surface area contributed by atoms with E-state index >= 15 is 0 Å². The Morgan fingerprint density at radius 2 is 2.14 bits per heavy atom. The zero-order chi connectivity index (χ0) is 15.0. The number of hydrogen-bond donors (Lipinski definition) is 1. The molecule has 0 aliphatic carbocycles. The van der Waals surface area contributed by atoms with Crippen LogP contribution < -0.4 is 10.6 Å². The van der Waals surface area contributed by atoms with Crippen molar-refractivity contribution in [1.82, 2.24) is 4.98 Å². The van der Waals surface area contributed by atoms with E-state index in [9.17, 15) is 9.18 Å². The Bertz CT molecular complexity index is 702. The van der Waals surface area contributed by atoms with Gasteiger partial charge in [-0.2, -0.15) is 0 Å². The van der Waals surface area contributed by atoms with Gasteiger partial charge in [-0.25, -0.2) is 9.37 Å². The van der Waals surface area contributed by atoms with Gasteiger partial charge in [-0.05, 0) is 37.5 Å². The summed E-state index contributed by atoms with van der Waals surface area (Å²) in [6.45, 7) is 1.97. The van der Waals surface area contributed by atoms with Crippen LogP contribution in [0.4, 0.5) is 15.9 Å². The Kier molecular flexibility index (Phi) is 3.33. The summed E-state index contributed by atoms with van der Waals surface area (Å²) in [6, 6.07) is 9.11. The van der Waals surface area contributed by atoms with Crippen molar-refractivity contribution in [3.8, 4) is 0 Å². The summed E-state index contributed by atoms with van der Waals surface area (Å²) in [5.74, 6) is -1.38. The number of nitrogen functional groups attached to an aromatic ring is 1. The number of amides is 1. The van der Waals surface area contributed by atoms with Crippen LogP contribution in [0.15, 0.2) is 36.5 Å². The topological polar surface area (TPSA) is 59.2 Å². The first kappa shape index (κ1) is 13.5. The summed E-state index contributed by atoms with van der Waals surface area (Å²) in [5.41, 5.74) is 7.37. The number of anilines is 2. The highest BCUT2D eigenvalue weighted by Crippen LogP contribution is 2.32. The summed E-state index contributed by atoms with van der Waals surface area (Å²) in [5, 5.41) is 0. The van der Waals surface area contributed by atoms with Crippen LogP contribution in [0.25, 0.3) is 0 Å². The van der Waals surface area contributed by atoms with Gasteiger partial charge in [-0.15, -0.1) is 0 Å². The molecule has 0 saturated heterocycles. The number of aryl methyl sites for hydroxylation is 1. The van der Waals surface area contributed by atoms with Gasteiger partial charge in [0.25, 0.3) is 5.91 Å². The van der Waals surface area contributed by atoms with Crippen LogP contribution in [0.2, 0.25) is 0 Å². The van der Waals surface area contributed by atoms with E-state index in [0.29, 0.717) is 0 Å². The first-order chi connectivity index (χ1) is 10.1. The van der Waals surface area contributed by atoms with Crippen LogP contribution in [0.1, 0.15) is 29.3 Å². The summed E-state index contributed by atoms with van der Waals surface area (Å²) >= 11 is 0. The minimum Gasteiger partial charge on any atom is -0.381 e. The molecule has 0 bridgehead atoms. The maximum atomic E-state index is 14.1. The Balaban J connectivity index is 2.07. The van der Waals surface area contributed by atoms with Crippen molar-refractivity contribution in [3.05, 3.63) is 53.5 Å². The lowest BCUT2D eigenvalue weighted by Gasteiger charge is -2.35. The number of carbonyl (C=O) groups excluding carboxylic acids is 1. The van der Waals surface area contributed by atoms with Crippen molar-refractivity contribution in [3.63, 3.8) is 0 Å². The van der Waals surface area contributed by atoms with Gasteiger partial charge in [0.1, 0.15) is 0 Å². The van der Waals surface area contributed by atoms with Crippen molar-refractivity contribution in [1.29, 1.82) is 0 Å². The third-order valence-corrected chi connectivity index (χ3v) is 3.89. The fourth-order valence-corrected chi connectivity index (χ4v) is 2.75. The third-order valence-electron chi connectivity index (χ3n) is 3.89. The smallest absolute Gasteiger partial charge is 0.261 e. The highest BCUT2D eigenvalue weighted by atomic mass is 19.1. The molecule has 1 aliphatic rings. The molecule has 1 amide bonds. The molecule has 1 aromatic heterocycles. The summed E-state index contributed by atoms with van der Waals surface area (Å²) < 4.78 is 14.1. The molecule has 2 N–H and O–H groups in total. The normalized spacial score (nSPS) is 17.4. The number of hydrogen-bond acceptors (Lipinski definition) is 3. The van der Waals surface area contributed by atoms with Gasteiger partial charge in [0, 0.05) is 17.9 Å². The highest BCUT2D eigenvalue weighted by Gasteiger charge is 2.30. The van der Waals surface area contributed by atoms with E-state index in [-0.39, 0.29) is 23.3 Å². The van der Waals surface area contributed by atoms with E-state index in [1.54, 1.807) is 4.90 Å². The molecule has 0 fully saturated rings. The summed E-state index contributed by atoms with van der Waals surface area (Å²) in [7, 11) is 0. The highest BCUT2D eigenvalue weighted by molar-refractivity contribution is 6.07. The second kappa shape index (κ2) is 5.16. The molecule has 21 heavy (non-hydrogen) atoms. The standard InChI is InChI=1S/C16H16FN3O/c1-10-6-7-11-4-2-3-5-13(11)20(10)16(21)12-8-9-19-15(18)14(12)17/h2-5,8-10H,6-7H2,1H3,(H2,18,19). The van der Waals surface area contributed by atoms with Crippen LogP contribution in [0.5, 0.6) is 0 Å². The molecule has 0 spiro atoms. The molecule has 2 aromatic rings. The van der Waals surface area contributed by atoms with Crippen molar-refractivity contribution in [2.24, 2.45) is 0 Å². The van der Waals surface area contributed by atoms with Crippen LogP contribution in [-0.4, -0.2) is 16.9 Å². The van der Waals surface area contributed by atoms with Gasteiger partial charge in [-0.3, -0.25) is 4.79 Å². The van der Waals surface area contributed by atoms with Gasteiger partial charge in [-0.1, -0.05) is 18.2 Å². The van der Waals surface area contributed by atoms with Crippen molar-refractivity contribution in [2.75, 3.05) is 10.6 Å². The second-order valence-corrected chi connectivity index (χ2v) is 5.25. The zero-order valence-corrected chi connectivity index (χ0v) is 11.7. The first-order valence-corrected chi connectivity index (χ1v) is 6.91. The molecular formula is C16H16FN3O. The van der Waals surface area contributed by atoms with E-state index in [0.717, 1.165) is 24.1 Å². The Morgan fingerprint density at radius 3 is 2.95 bits per heavy atom. The number of fused-ring (bicyclic) bond motifs is 1.